The molecule has 6 N–H and O–H groups in total. The van der Waals surface area contributed by atoms with Crippen molar-refractivity contribution in [3.05, 3.63) is 0 Å². The van der Waals surface area contributed by atoms with E-state index >= 15 is 0 Å². The predicted octanol–water partition coefficient (Wildman–Crippen LogP) is -0.744. The summed E-state index contributed by atoms with van der Waals surface area (Å²) in [5, 5.41) is 0. The number of hydrogen-bond acceptors (Lipinski definition) is 6. The number of cyclic esters (lactones) is 1. The summed E-state index contributed by atoms with van der Waals surface area (Å²) in [6.07, 6.45) is 2.08. The summed E-state index contributed by atoms with van der Waals surface area (Å²) in [7, 11) is 0. The number of esters is 1. The Bertz CT molecular complexity index is 546. The van der Waals surface area contributed by atoms with Crippen molar-refractivity contribution >= 4 is 23.8 Å². The van der Waals surface area contributed by atoms with Crippen LogP contribution in [0.3, 0.4) is 0 Å². The minimum absolute atomic E-state index is 0.0974. The molecule has 1 aliphatic rings. The largest absolute Gasteiger partial charge is 0.463 e. The standard InChI is InChI=1S/C13H24N6O3/c1-19-10(18-12(14)15)11(21)22-8-6-4-2-3-5-7-9(20)17-13(19)16/h10H,2-8H2,1H3,(H4,14,15,18)(H2,16,17,20)/i1D3. The Morgan fingerprint density at radius 1 is 1.32 bits per heavy atom. The van der Waals surface area contributed by atoms with Crippen molar-refractivity contribution in [2.45, 2.75) is 44.7 Å². The van der Waals surface area contributed by atoms with Crippen LogP contribution in [0.5, 0.6) is 0 Å². The second-order valence-electron chi connectivity index (χ2n) is 4.85. The highest BCUT2D eigenvalue weighted by atomic mass is 16.5. The van der Waals surface area contributed by atoms with Gasteiger partial charge >= 0.3 is 5.97 Å². The number of carbonyl (C=O) groups is 2. The number of amides is 1. The minimum atomic E-state index is -2.92. The molecule has 22 heavy (non-hydrogen) atoms. The monoisotopic (exact) mass is 315 g/mol. The maximum Gasteiger partial charge on any atom is 0.351 e. The first-order valence-electron chi connectivity index (χ1n) is 8.54. The fraction of sp³-hybridized carbons (Fsp3) is 0.692. The number of hydrogen-bond donors (Lipinski definition) is 3. The van der Waals surface area contributed by atoms with Gasteiger partial charge < -0.3 is 26.8 Å². The highest BCUT2D eigenvalue weighted by molar-refractivity contribution is 5.94. The van der Waals surface area contributed by atoms with Crippen LogP contribution >= 0.6 is 0 Å². The topological polar surface area (TPSA) is 149 Å². The van der Waals surface area contributed by atoms with Gasteiger partial charge in [-0.25, -0.2) is 9.79 Å². The van der Waals surface area contributed by atoms with Crippen molar-refractivity contribution < 1.29 is 18.4 Å². The van der Waals surface area contributed by atoms with Crippen LogP contribution < -0.4 is 17.2 Å². The van der Waals surface area contributed by atoms with Crippen molar-refractivity contribution in [2.24, 2.45) is 27.2 Å². The Morgan fingerprint density at radius 3 is 2.68 bits per heavy atom. The Morgan fingerprint density at radius 2 is 2.00 bits per heavy atom. The number of nitrogens with zero attached hydrogens (tertiary/aromatic N) is 3. The van der Waals surface area contributed by atoms with Gasteiger partial charge in [-0.2, -0.15) is 4.99 Å². The van der Waals surface area contributed by atoms with E-state index in [0.29, 0.717) is 17.7 Å². The third kappa shape index (κ3) is 5.98. The molecule has 124 valence electrons. The molecule has 0 saturated carbocycles. The Kier molecular flexibility index (Phi) is 5.37. The first kappa shape index (κ1) is 13.4. The van der Waals surface area contributed by atoms with Crippen molar-refractivity contribution in [3.63, 3.8) is 0 Å². The molecule has 1 rings (SSSR count). The number of carbonyl (C=O) groups excluding carboxylic acids is 2. The fourth-order valence-electron chi connectivity index (χ4n) is 1.88. The molecule has 1 unspecified atom stereocenters. The zero-order valence-electron chi connectivity index (χ0n) is 15.3. The molecule has 1 aliphatic heterocycles. The predicted molar refractivity (Wildman–Crippen MR) is 82.7 cm³/mol. The number of aliphatic imine (C=N–C) groups is 2. The van der Waals surface area contributed by atoms with Crippen LogP contribution in [0, 0.1) is 0 Å². The summed E-state index contributed by atoms with van der Waals surface area (Å²) in [6, 6.07) is 0. The number of rotatable bonds is 1. The molecule has 9 nitrogen and oxygen atoms in total. The van der Waals surface area contributed by atoms with E-state index in [1.54, 1.807) is 0 Å². The average Bonchev–Trinajstić information content (AvgIpc) is 2.46. The van der Waals surface area contributed by atoms with Gasteiger partial charge in [0.2, 0.25) is 18.0 Å². The molecule has 0 radical (unpaired) electrons. The lowest BCUT2D eigenvalue weighted by Crippen LogP contribution is -2.47. The Labute approximate surface area is 133 Å². The highest BCUT2D eigenvalue weighted by Gasteiger charge is 2.26. The van der Waals surface area contributed by atoms with Crippen molar-refractivity contribution in [1.82, 2.24) is 4.90 Å². The van der Waals surface area contributed by atoms with Gasteiger partial charge in [0.1, 0.15) is 0 Å². The minimum Gasteiger partial charge on any atom is -0.463 e. The van der Waals surface area contributed by atoms with Crippen LogP contribution in [-0.2, 0) is 14.3 Å². The van der Waals surface area contributed by atoms with Gasteiger partial charge in [-0.15, -0.1) is 0 Å². The molecule has 0 aromatic rings. The Balaban J connectivity index is 3.27. The van der Waals surface area contributed by atoms with Crippen molar-refractivity contribution in [2.75, 3.05) is 13.6 Å². The summed E-state index contributed by atoms with van der Waals surface area (Å²) in [4.78, 5) is 31.7. The first-order valence-corrected chi connectivity index (χ1v) is 7.04. The molecule has 0 aliphatic carbocycles. The lowest BCUT2D eigenvalue weighted by atomic mass is 10.1. The highest BCUT2D eigenvalue weighted by Crippen LogP contribution is 2.09. The molecular weight excluding hydrogens is 288 g/mol. The Hall–Kier alpha value is -2.32. The van der Waals surface area contributed by atoms with E-state index in [1.165, 1.54) is 0 Å². The van der Waals surface area contributed by atoms with E-state index < -0.39 is 36.9 Å². The molecule has 1 amide bonds. The molecule has 0 spiro atoms. The van der Waals surface area contributed by atoms with Gasteiger partial charge in [-0.3, -0.25) is 4.79 Å². The van der Waals surface area contributed by atoms with E-state index in [2.05, 4.69) is 9.98 Å². The summed E-state index contributed by atoms with van der Waals surface area (Å²) in [6.45, 7) is -2.83. The number of guanidine groups is 2. The molecule has 0 saturated heterocycles. The summed E-state index contributed by atoms with van der Waals surface area (Å²) in [5.74, 6) is -2.78. The van der Waals surface area contributed by atoms with Crippen LogP contribution in [0.15, 0.2) is 9.98 Å². The van der Waals surface area contributed by atoms with E-state index in [-0.39, 0.29) is 13.0 Å². The molecule has 9 heteroatoms. The third-order valence-electron chi connectivity index (χ3n) is 2.99. The second kappa shape index (κ2) is 8.85. The maximum atomic E-state index is 12.3. The number of likely N-dealkylation sites (N-methyl/N-ethyl adjacent to an activating group) is 1. The molecule has 1 atom stereocenters. The van der Waals surface area contributed by atoms with Crippen molar-refractivity contribution in [3.8, 4) is 0 Å². The summed E-state index contributed by atoms with van der Waals surface area (Å²) in [5.41, 5.74) is 16.2. The second-order valence-corrected chi connectivity index (χ2v) is 4.85. The van der Waals surface area contributed by atoms with E-state index in [1.807, 2.05) is 0 Å². The number of nitrogens with two attached hydrogens (primary N) is 3. The quantitative estimate of drug-likeness (QED) is 0.327. The first-order chi connectivity index (χ1) is 11.6. The third-order valence-corrected chi connectivity index (χ3v) is 2.99. The van der Waals surface area contributed by atoms with E-state index in [0.717, 1.165) is 19.3 Å². The molecule has 0 aromatic carbocycles. The van der Waals surface area contributed by atoms with Gasteiger partial charge in [-0.05, 0) is 12.8 Å². The number of ether oxygens (including phenoxy) is 1. The normalized spacial score (nSPS) is 24.9. The van der Waals surface area contributed by atoms with Gasteiger partial charge in [0, 0.05) is 17.5 Å². The van der Waals surface area contributed by atoms with Gasteiger partial charge in [0.25, 0.3) is 0 Å². The summed E-state index contributed by atoms with van der Waals surface area (Å²) >= 11 is 0. The fourth-order valence-corrected chi connectivity index (χ4v) is 1.88. The average molecular weight is 315 g/mol. The molecule has 0 bridgehead atoms. The lowest BCUT2D eigenvalue weighted by Gasteiger charge is -2.24. The maximum absolute atomic E-state index is 12.3. The van der Waals surface area contributed by atoms with Gasteiger partial charge in [0.15, 0.2) is 5.96 Å². The molecule has 1 heterocycles. The van der Waals surface area contributed by atoms with Crippen LogP contribution in [0.2, 0.25) is 0 Å². The molecular formula is C13H24N6O3. The van der Waals surface area contributed by atoms with Crippen LogP contribution in [-0.4, -0.2) is 48.4 Å². The van der Waals surface area contributed by atoms with Crippen molar-refractivity contribution in [1.29, 1.82) is 0 Å². The van der Waals surface area contributed by atoms with Crippen LogP contribution in [0.25, 0.3) is 0 Å². The SMILES string of the molecule is [2H]C([2H])([2H])N1C(N)=NC(=O)CCCCCCCOC(=O)C1N=C(N)N. The van der Waals surface area contributed by atoms with E-state index in [9.17, 15) is 9.59 Å². The van der Waals surface area contributed by atoms with Gasteiger partial charge in [-0.1, -0.05) is 19.3 Å². The zero-order valence-corrected chi connectivity index (χ0v) is 12.3. The lowest BCUT2D eigenvalue weighted by molar-refractivity contribution is -0.148. The molecule has 0 aromatic heterocycles. The van der Waals surface area contributed by atoms with Gasteiger partial charge in [0.05, 0.1) is 6.61 Å². The van der Waals surface area contributed by atoms with Crippen LogP contribution in [0.4, 0.5) is 0 Å². The summed E-state index contributed by atoms with van der Waals surface area (Å²) < 4.78 is 27.8. The molecule has 0 fully saturated rings. The van der Waals surface area contributed by atoms with Crippen LogP contribution in [0.1, 0.15) is 42.6 Å². The zero-order chi connectivity index (χ0) is 19.0. The smallest absolute Gasteiger partial charge is 0.351 e. The van der Waals surface area contributed by atoms with E-state index in [4.69, 9.17) is 26.1 Å².